The third-order valence-electron chi connectivity index (χ3n) is 5.53. The fourth-order valence-corrected chi connectivity index (χ4v) is 3.86. The second-order valence-corrected chi connectivity index (χ2v) is 7.64. The first-order valence-electron chi connectivity index (χ1n) is 9.91. The maximum atomic E-state index is 5.39. The zero-order valence-electron chi connectivity index (χ0n) is 16.1. The lowest BCUT2D eigenvalue weighted by Gasteiger charge is -2.31. The van der Waals surface area contributed by atoms with Crippen LogP contribution in [0.2, 0.25) is 0 Å². The SMILES string of the molecule is CN=C(NCCCCN1CCOCC1)N(C)CC1CCC(C)CC1. The summed E-state index contributed by atoms with van der Waals surface area (Å²) in [6, 6.07) is 0. The van der Waals surface area contributed by atoms with Gasteiger partial charge in [0.2, 0.25) is 0 Å². The van der Waals surface area contributed by atoms with Crippen LogP contribution < -0.4 is 5.32 Å². The van der Waals surface area contributed by atoms with Crippen molar-refractivity contribution in [3.63, 3.8) is 0 Å². The number of hydrogen-bond donors (Lipinski definition) is 1. The maximum Gasteiger partial charge on any atom is 0.193 e. The quantitative estimate of drug-likeness (QED) is 0.440. The van der Waals surface area contributed by atoms with E-state index in [1.54, 1.807) is 0 Å². The topological polar surface area (TPSA) is 40.1 Å². The van der Waals surface area contributed by atoms with Crippen LogP contribution in [0.3, 0.4) is 0 Å². The highest BCUT2D eigenvalue weighted by molar-refractivity contribution is 5.79. The molecule has 0 aromatic carbocycles. The molecule has 2 aliphatic rings. The van der Waals surface area contributed by atoms with Crippen LogP contribution >= 0.6 is 0 Å². The van der Waals surface area contributed by atoms with Crippen LogP contribution in [0, 0.1) is 11.8 Å². The molecule has 1 aliphatic heterocycles. The number of guanidine groups is 1. The Balaban J connectivity index is 1.57. The fourth-order valence-electron chi connectivity index (χ4n) is 3.86. The van der Waals surface area contributed by atoms with Crippen LogP contribution in [0.4, 0.5) is 0 Å². The number of aliphatic imine (C=N–C) groups is 1. The molecule has 0 aromatic heterocycles. The first-order valence-corrected chi connectivity index (χ1v) is 9.91. The van der Waals surface area contributed by atoms with E-state index in [0.717, 1.165) is 57.2 Å². The first-order chi connectivity index (χ1) is 11.7. The summed E-state index contributed by atoms with van der Waals surface area (Å²) in [5, 5.41) is 3.54. The van der Waals surface area contributed by atoms with Gasteiger partial charge in [-0.1, -0.05) is 19.8 Å². The van der Waals surface area contributed by atoms with Crippen molar-refractivity contribution < 1.29 is 4.74 Å². The van der Waals surface area contributed by atoms with Crippen LogP contribution in [0.25, 0.3) is 0 Å². The number of hydrogen-bond acceptors (Lipinski definition) is 3. The summed E-state index contributed by atoms with van der Waals surface area (Å²) in [7, 11) is 4.08. The first kappa shape index (κ1) is 19.5. The lowest BCUT2D eigenvalue weighted by atomic mass is 9.83. The number of nitrogens with one attached hydrogen (secondary N) is 1. The number of morpholine rings is 1. The monoisotopic (exact) mass is 338 g/mol. The van der Waals surface area contributed by atoms with Gasteiger partial charge in [-0.25, -0.2) is 0 Å². The van der Waals surface area contributed by atoms with Crippen molar-refractivity contribution in [2.45, 2.75) is 45.4 Å². The van der Waals surface area contributed by atoms with Crippen LogP contribution in [0.15, 0.2) is 4.99 Å². The fraction of sp³-hybridized carbons (Fsp3) is 0.947. The second kappa shape index (κ2) is 10.9. The molecule has 1 aliphatic carbocycles. The van der Waals surface area contributed by atoms with E-state index in [1.807, 2.05) is 7.05 Å². The van der Waals surface area contributed by atoms with Crippen LogP contribution in [0.1, 0.15) is 45.4 Å². The van der Waals surface area contributed by atoms with Crippen molar-refractivity contribution in [3.8, 4) is 0 Å². The van der Waals surface area contributed by atoms with Gasteiger partial charge in [-0.15, -0.1) is 0 Å². The molecule has 0 spiro atoms. The van der Waals surface area contributed by atoms with E-state index in [4.69, 9.17) is 4.74 Å². The number of ether oxygens (including phenoxy) is 1. The number of rotatable bonds is 7. The molecule has 1 saturated carbocycles. The zero-order valence-corrected chi connectivity index (χ0v) is 16.1. The molecule has 5 nitrogen and oxygen atoms in total. The minimum absolute atomic E-state index is 0.839. The Bertz CT molecular complexity index is 360. The molecule has 0 atom stereocenters. The van der Waals surface area contributed by atoms with E-state index in [1.165, 1.54) is 45.1 Å². The lowest BCUT2D eigenvalue weighted by Crippen LogP contribution is -2.42. The van der Waals surface area contributed by atoms with E-state index in [0.29, 0.717) is 0 Å². The predicted molar refractivity (Wildman–Crippen MR) is 102 cm³/mol. The summed E-state index contributed by atoms with van der Waals surface area (Å²) >= 11 is 0. The summed E-state index contributed by atoms with van der Waals surface area (Å²) in [4.78, 5) is 9.29. The zero-order chi connectivity index (χ0) is 17.2. The standard InChI is InChI=1S/C19H38N4O/c1-17-6-8-18(9-7-17)16-22(3)19(20-2)21-10-4-5-11-23-12-14-24-15-13-23/h17-18H,4-16H2,1-3H3,(H,20,21). The molecule has 140 valence electrons. The highest BCUT2D eigenvalue weighted by atomic mass is 16.5. The van der Waals surface area contributed by atoms with Gasteiger partial charge in [0.1, 0.15) is 0 Å². The maximum absolute atomic E-state index is 5.39. The highest BCUT2D eigenvalue weighted by Crippen LogP contribution is 2.28. The number of nitrogens with zero attached hydrogens (tertiary/aromatic N) is 3. The largest absolute Gasteiger partial charge is 0.379 e. The molecule has 2 rings (SSSR count). The summed E-state index contributed by atoms with van der Waals surface area (Å²) in [6.07, 6.45) is 7.99. The van der Waals surface area contributed by atoms with Gasteiger partial charge < -0.3 is 15.0 Å². The van der Waals surface area contributed by atoms with E-state index in [2.05, 4.69) is 34.1 Å². The molecular formula is C19H38N4O. The molecule has 24 heavy (non-hydrogen) atoms. The van der Waals surface area contributed by atoms with E-state index in [9.17, 15) is 0 Å². The van der Waals surface area contributed by atoms with Gasteiger partial charge in [0.05, 0.1) is 13.2 Å². The average molecular weight is 339 g/mol. The van der Waals surface area contributed by atoms with Crippen LogP contribution in [-0.4, -0.2) is 75.8 Å². The van der Waals surface area contributed by atoms with Gasteiger partial charge in [-0.05, 0) is 44.1 Å². The van der Waals surface area contributed by atoms with Crippen LogP contribution in [0.5, 0.6) is 0 Å². The summed E-state index contributed by atoms with van der Waals surface area (Å²) < 4.78 is 5.39. The van der Waals surface area contributed by atoms with Crippen LogP contribution in [-0.2, 0) is 4.74 Å². The van der Waals surface area contributed by atoms with Crippen molar-refractivity contribution in [1.82, 2.24) is 15.1 Å². The Labute approximate surface area is 148 Å². The third-order valence-corrected chi connectivity index (χ3v) is 5.53. The molecule has 0 radical (unpaired) electrons. The minimum Gasteiger partial charge on any atom is -0.379 e. The van der Waals surface area contributed by atoms with Gasteiger partial charge in [-0.2, -0.15) is 0 Å². The highest BCUT2D eigenvalue weighted by Gasteiger charge is 2.20. The summed E-state index contributed by atoms with van der Waals surface area (Å²) in [5.41, 5.74) is 0. The van der Waals surface area contributed by atoms with Gasteiger partial charge in [-0.3, -0.25) is 9.89 Å². The van der Waals surface area contributed by atoms with E-state index in [-0.39, 0.29) is 0 Å². The smallest absolute Gasteiger partial charge is 0.193 e. The van der Waals surface area contributed by atoms with Crippen molar-refractivity contribution >= 4 is 5.96 Å². The van der Waals surface area contributed by atoms with E-state index >= 15 is 0 Å². The molecule has 0 bridgehead atoms. The molecule has 2 fully saturated rings. The molecule has 0 aromatic rings. The molecule has 1 saturated heterocycles. The van der Waals surface area contributed by atoms with Gasteiger partial charge in [0.15, 0.2) is 5.96 Å². The van der Waals surface area contributed by atoms with Gasteiger partial charge >= 0.3 is 0 Å². The van der Waals surface area contributed by atoms with Gasteiger partial charge in [0, 0.05) is 40.3 Å². The Kier molecular flexibility index (Phi) is 8.89. The number of unbranched alkanes of at least 4 members (excludes halogenated alkanes) is 1. The molecular weight excluding hydrogens is 300 g/mol. The molecule has 0 unspecified atom stereocenters. The summed E-state index contributed by atoms with van der Waals surface area (Å²) in [5.74, 6) is 2.82. The Morgan fingerprint density at radius 2 is 1.88 bits per heavy atom. The van der Waals surface area contributed by atoms with Crippen molar-refractivity contribution in [1.29, 1.82) is 0 Å². The van der Waals surface area contributed by atoms with Crippen molar-refractivity contribution in [2.75, 3.05) is 60.0 Å². The molecule has 0 amide bonds. The normalized spacial score (nSPS) is 26.4. The third kappa shape index (κ3) is 6.98. The molecule has 1 heterocycles. The summed E-state index contributed by atoms with van der Waals surface area (Å²) in [6.45, 7) is 9.72. The lowest BCUT2D eigenvalue weighted by molar-refractivity contribution is 0.0372. The average Bonchev–Trinajstić information content (AvgIpc) is 2.61. The van der Waals surface area contributed by atoms with Crippen molar-refractivity contribution in [2.24, 2.45) is 16.8 Å². The Morgan fingerprint density at radius 1 is 1.17 bits per heavy atom. The van der Waals surface area contributed by atoms with Crippen molar-refractivity contribution in [3.05, 3.63) is 0 Å². The second-order valence-electron chi connectivity index (χ2n) is 7.64. The predicted octanol–water partition coefficient (Wildman–Crippen LogP) is 2.43. The minimum atomic E-state index is 0.839. The molecule has 1 N–H and O–H groups in total. The molecule has 5 heteroatoms. The van der Waals surface area contributed by atoms with E-state index < -0.39 is 0 Å². The Morgan fingerprint density at radius 3 is 2.54 bits per heavy atom. The Hall–Kier alpha value is -0.810. The van der Waals surface area contributed by atoms with Gasteiger partial charge in [0.25, 0.3) is 0 Å².